The number of non-ortho nitro benzene ring substituents is 2. The summed E-state index contributed by atoms with van der Waals surface area (Å²) in [6.07, 6.45) is 7.71. The number of rotatable bonds is 13. The van der Waals surface area contributed by atoms with Gasteiger partial charge in [-0.1, -0.05) is 37.1 Å². The second-order valence-corrected chi connectivity index (χ2v) is 12.0. The number of methoxy groups -OCH3 is 1. The quantitative estimate of drug-likeness (QED) is 0.103. The van der Waals surface area contributed by atoms with E-state index in [0.717, 1.165) is 43.5 Å². The molecule has 2 saturated carbocycles. The van der Waals surface area contributed by atoms with Gasteiger partial charge in [0.2, 0.25) is 5.91 Å². The second kappa shape index (κ2) is 18.2. The molecule has 2 aliphatic rings. The number of nitrogens with zero attached hydrogens (tertiary/aromatic N) is 2. The molecule has 11 N–H and O–H groups in total. The number of esters is 1. The van der Waals surface area contributed by atoms with Crippen molar-refractivity contribution >= 4 is 23.3 Å². The molecule has 0 heterocycles. The molecule has 0 saturated heterocycles. The molecule has 0 radical (unpaired) electrons. The zero-order chi connectivity index (χ0) is 34.3. The SMILES string of the molecule is COC(=O)C(N)Cc1ccc([N+](=O)[O-])cc1.NCC1(CN)CCC1.NCC1(CNC(=O)C(N)Cc2ccc([N+](=O)[O-])cc2)CCC1. The van der Waals surface area contributed by atoms with Crippen molar-refractivity contribution in [1.82, 2.24) is 5.32 Å². The van der Waals surface area contributed by atoms with Crippen LogP contribution in [0, 0.1) is 31.1 Å². The van der Waals surface area contributed by atoms with Gasteiger partial charge in [0.1, 0.15) is 6.04 Å². The number of nitrogens with one attached hydrogen (secondary N) is 1. The van der Waals surface area contributed by atoms with Crippen molar-refractivity contribution in [2.45, 2.75) is 63.5 Å². The highest BCUT2D eigenvalue weighted by Crippen LogP contribution is 2.39. The summed E-state index contributed by atoms with van der Waals surface area (Å²) in [5.41, 5.74) is 30.2. The van der Waals surface area contributed by atoms with Crippen molar-refractivity contribution in [2.24, 2.45) is 39.5 Å². The standard InChI is InChI=1S/C15H22N4O3.C10H12N2O4.C6H14N2/c16-9-15(6-1-7-15)10-18-14(20)13(17)8-11-2-4-12(5-3-11)19(21)22;1-16-10(13)9(11)6-7-2-4-8(5-3-7)12(14)15;7-4-6(5-8)2-1-3-6/h2-5,13H,1,6-10,16-17H2,(H,18,20);2-5,9H,6,11H2,1H3;1-5,7-8H2. The third-order valence-corrected chi connectivity index (χ3v) is 8.81. The van der Waals surface area contributed by atoms with Gasteiger partial charge in [0.15, 0.2) is 0 Å². The van der Waals surface area contributed by atoms with E-state index in [2.05, 4.69) is 10.1 Å². The van der Waals surface area contributed by atoms with Crippen LogP contribution >= 0.6 is 0 Å². The van der Waals surface area contributed by atoms with Crippen LogP contribution in [-0.2, 0) is 27.2 Å². The molecule has 2 aliphatic carbocycles. The van der Waals surface area contributed by atoms with E-state index in [9.17, 15) is 29.8 Å². The van der Waals surface area contributed by atoms with E-state index in [1.54, 1.807) is 24.3 Å². The highest BCUT2D eigenvalue weighted by atomic mass is 16.6. The molecule has 2 atom stereocenters. The molecule has 15 heteroatoms. The molecule has 2 fully saturated rings. The predicted molar refractivity (Wildman–Crippen MR) is 174 cm³/mol. The van der Waals surface area contributed by atoms with Crippen LogP contribution in [0.25, 0.3) is 0 Å². The normalized spacial score (nSPS) is 16.7. The molecule has 0 spiro atoms. The summed E-state index contributed by atoms with van der Waals surface area (Å²) in [5, 5.41) is 23.9. The lowest BCUT2D eigenvalue weighted by molar-refractivity contribution is -0.385. The first-order valence-electron chi connectivity index (χ1n) is 15.3. The summed E-state index contributed by atoms with van der Waals surface area (Å²) in [4.78, 5) is 43.1. The number of amides is 1. The van der Waals surface area contributed by atoms with Gasteiger partial charge in [-0.2, -0.15) is 0 Å². The average molecular weight is 645 g/mol. The van der Waals surface area contributed by atoms with E-state index >= 15 is 0 Å². The van der Waals surface area contributed by atoms with E-state index < -0.39 is 27.9 Å². The Morgan fingerprint density at radius 1 is 0.761 bits per heavy atom. The van der Waals surface area contributed by atoms with E-state index in [4.69, 9.17) is 28.7 Å². The van der Waals surface area contributed by atoms with Crippen LogP contribution in [0.1, 0.15) is 49.7 Å². The third-order valence-electron chi connectivity index (χ3n) is 8.81. The average Bonchev–Trinajstić information content (AvgIpc) is 3.01. The van der Waals surface area contributed by atoms with Gasteiger partial charge < -0.3 is 38.7 Å². The van der Waals surface area contributed by atoms with Crippen molar-refractivity contribution < 1.29 is 24.2 Å². The van der Waals surface area contributed by atoms with Crippen LogP contribution in [0.3, 0.4) is 0 Å². The summed E-state index contributed by atoms with van der Waals surface area (Å²) in [6, 6.07) is 10.6. The predicted octanol–water partition coefficient (Wildman–Crippen LogP) is 1.42. The largest absolute Gasteiger partial charge is 0.468 e. The summed E-state index contributed by atoms with van der Waals surface area (Å²) < 4.78 is 4.47. The monoisotopic (exact) mass is 644 g/mol. The van der Waals surface area contributed by atoms with Crippen LogP contribution in [-0.4, -0.2) is 67.1 Å². The number of benzene rings is 2. The fourth-order valence-corrected chi connectivity index (χ4v) is 5.05. The number of carbonyl (C=O) groups is 2. The van der Waals surface area contributed by atoms with Gasteiger partial charge in [-0.3, -0.25) is 29.8 Å². The van der Waals surface area contributed by atoms with Gasteiger partial charge in [0.25, 0.3) is 11.4 Å². The molecule has 254 valence electrons. The van der Waals surface area contributed by atoms with Gasteiger partial charge >= 0.3 is 5.97 Å². The molecule has 1 amide bonds. The van der Waals surface area contributed by atoms with Crippen LogP contribution in [0.2, 0.25) is 0 Å². The Balaban J connectivity index is 0.000000267. The topological polar surface area (TPSA) is 272 Å². The van der Waals surface area contributed by atoms with E-state index in [1.807, 2.05) is 0 Å². The number of carbonyl (C=O) groups excluding carboxylic acids is 2. The highest BCUT2D eigenvalue weighted by Gasteiger charge is 2.36. The minimum atomic E-state index is -0.744. The van der Waals surface area contributed by atoms with Gasteiger partial charge in [0.05, 0.1) is 23.0 Å². The number of ether oxygens (including phenoxy) is 1. The first-order valence-corrected chi connectivity index (χ1v) is 15.3. The smallest absolute Gasteiger partial charge is 0.322 e. The van der Waals surface area contributed by atoms with Gasteiger partial charge in [0, 0.05) is 30.8 Å². The van der Waals surface area contributed by atoms with Crippen LogP contribution in [0.4, 0.5) is 11.4 Å². The molecule has 0 aliphatic heterocycles. The van der Waals surface area contributed by atoms with Gasteiger partial charge in [-0.15, -0.1) is 0 Å². The maximum Gasteiger partial charge on any atom is 0.322 e. The van der Waals surface area contributed by atoms with E-state index in [1.165, 1.54) is 50.6 Å². The summed E-state index contributed by atoms with van der Waals surface area (Å²) in [7, 11) is 1.26. The number of hydrogen-bond acceptors (Lipinski definition) is 12. The molecule has 46 heavy (non-hydrogen) atoms. The first kappa shape index (κ1) is 38.2. The number of nitro groups is 2. The van der Waals surface area contributed by atoms with Crippen molar-refractivity contribution in [3.8, 4) is 0 Å². The minimum Gasteiger partial charge on any atom is -0.468 e. The lowest BCUT2D eigenvalue weighted by atomic mass is 9.69. The molecule has 2 aromatic carbocycles. The zero-order valence-electron chi connectivity index (χ0n) is 26.4. The zero-order valence-corrected chi connectivity index (χ0v) is 26.4. The summed E-state index contributed by atoms with van der Waals surface area (Å²) in [5.74, 6) is -0.712. The molecule has 0 bridgehead atoms. The third kappa shape index (κ3) is 11.4. The number of nitrogens with two attached hydrogens (primary N) is 5. The van der Waals surface area contributed by atoms with Crippen molar-refractivity contribution in [3.63, 3.8) is 0 Å². The molecular formula is C31H48N8O7. The first-order chi connectivity index (χ1) is 21.8. The van der Waals surface area contributed by atoms with Crippen LogP contribution < -0.4 is 34.0 Å². The number of nitro benzene ring substituents is 2. The second-order valence-electron chi connectivity index (χ2n) is 12.0. The fourth-order valence-electron chi connectivity index (χ4n) is 5.05. The fraction of sp³-hybridized carbons (Fsp3) is 0.548. The minimum absolute atomic E-state index is 0.00962. The molecule has 15 nitrogen and oxygen atoms in total. The van der Waals surface area contributed by atoms with Gasteiger partial charge in [-0.25, -0.2) is 0 Å². The lowest BCUT2D eigenvalue weighted by Crippen LogP contribution is -2.50. The Morgan fingerprint density at radius 2 is 1.15 bits per heavy atom. The van der Waals surface area contributed by atoms with Crippen molar-refractivity contribution in [3.05, 3.63) is 79.9 Å². The maximum absolute atomic E-state index is 12.0. The highest BCUT2D eigenvalue weighted by molar-refractivity contribution is 5.81. The molecule has 0 aromatic heterocycles. The Kier molecular flexibility index (Phi) is 15.1. The van der Waals surface area contributed by atoms with Crippen LogP contribution in [0.5, 0.6) is 0 Å². The van der Waals surface area contributed by atoms with Crippen LogP contribution in [0.15, 0.2) is 48.5 Å². The molecule has 2 aromatic rings. The van der Waals surface area contributed by atoms with E-state index in [0.29, 0.717) is 31.3 Å². The Bertz CT molecular complexity index is 1260. The Morgan fingerprint density at radius 3 is 1.43 bits per heavy atom. The Labute approximate surface area is 268 Å². The van der Waals surface area contributed by atoms with Gasteiger partial charge in [-0.05, 0) is 80.1 Å². The lowest BCUT2D eigenvalue weighted by Gasteiger charge is -2.41. The van der Waals surface area contributed by atoms with Crippen molar-refractivity contribution in [1.29, 1.82) is 0 Å². The molecular weight excluding hydrogens is 596 g/mol. The summed E-state index contributed by atoms with van der Waals surface area (Å²) >= 11 is 0. The molecule has 2 unspecified atom stereocenters. The van der Waals surface area contributed by atoms with E-state index in [-0.39, 0.29) is 22.7 Å². The number of hydrogen-bond donors (Lipinski definition) is 6. The van der Waals surface area contributed by atoms with Crippen molar-refractivity contribution in [2.75, 3.05) is 33.3 Å². The summed E-state index contributed by atoms with van der Waals surface area (Å²) in [6.45, 7) is 2.70. The molecule has 4 rings (SSSR count). The Hall–Kier alpha value is -4.02. The maximum atomic E-state index is 12.0.